The van der Waals surface area contributed by atoms with Crippen LogP contribution in [0.25, 0.3) is 5.70 Å². The first-order valence-corrected chi connectivity index (χ1v) is 11.9. The highest BCUT2D eigenvalue weighted by atomic mass is 35.5. The Labute approximate surface area is 220 Å². The summed E-state index contributed by atoms with van der Waals surface area (Å²) in [5, 5.41) is 1.15. The van der Waals surface area contributed by atoms with Crippen LogP contribution in [0.4, 0.5) is 13.2 Å². The maximum absolute atomic E-state index is 14.4. The van der Waals surface area contributed by atoms with E-state index in [0.29, 0.717) is 27.8 Å². The van der Waals surface area contributed by atoms with Crippen LogP contribution in [0.15, 0.2) is 66.7 Å². The van der Waals surface area contributed by atoms with E-state index in [9.17, 15) is 22.8 Å². The second kappa shape index (κ2) is 8.90. The highest BCUT2D eigenvalue weighted by Crippen LogP contribution is 2.51. The minimum absolute atomic E-state index is 0.0390. The predicted molar refractivity (Wildman–Crippen MR) is 133 cm³/mol. The minimum Gasteiger partial charge on any atom is -0.270 e. The fraction of sp³-hybridized carbons (Fsp3) is 0.185. The van der Waals surface area contributed by atoms with Gasteiger partial charge in [-0.2, -0.15) is 13.2 Å². The fourth-order valence-corrected chi connectivity index (χ4v) is 5.15. The Bertz CT molecular complexity index is 1430. The van der Waals surface area contributed by atoms with Crippen molar-refractivity contribution in [1.82, 2.24) is 9.96 Å². The van der Waals surface area contributed by atoms with Crippen molar-refractivity contribution < 1.29 is 27.6 Å². The molecule has 10 heteroatoms. The quantitative estimate of drug-likeness (QED) is 0.338. The molecule has 37 heavy (non-hydrogen) atoms. The molecule has 2 aliphatic rings. The predicted octanol–water partition coefficient (Wildman–Crippen LogP) is 6.77. The average Bonchev–Trinajstić information content (AvgIpc) is 3.31. The molecule has 3 aromatic carbocycles. The molecule has 2 aliphatic heterocycles. The SMILES string of the molecule is Cc1cc(C2=CC(c3cc(Cl)cc(Cl)c3)(C(F)(F)F)ON2C)ccc1CN1C(=O)c2ccccc2C1=O. The summed E-state index contributed by atoms with van der Waals surface area (Å²) in [4.78, 5) is 32.1. The Balaban J connectivity index is 1.49. The number of carbonyl (C=O) groups excluding carboxylic acids is 2. The number of imide groups is 1. The molecule has 3 aromatic rings. The van der Waals surface area contributed by atoms with E-state index in [-0.39, 0.29) is 39.7 Å². The number of aryl methyl sites for hydroxylation is 1. The summed E-state index contributed by atoms with van der Waals surface area (Å²) in [6, 6.07) is 15.3. The van der Waals surface area contributed by atoms with Gasteiger partial charge in [-0.25, -0.2) is 4.84 Å². The molecule has 1 atom stereocenters. The highest BCUT2D eigenvalue weighted by molar-refractivity contribution is 6.34. The van der Waals surface area contributed by atoms with Gasteiger partial charge >= 0.3 is 6.18 Å². The van der Waals surface area contributed by atoms with Crippen LogP contribution in [-0.2, 0) is 17.0 Å². The third-order valence-corrected chi connectivity index (χ3v) is 6.95. The largest absolute Gasteiger partial charge is 0.428 e. The Hall–Kier alpha value is -3.33. The molecular weight excluding hydrogens is 528 g/mol. The van der Waals surface area contributed by atoms with Crippen LogP contribution in [-0.4, -0.2) is 35.0 Å². The van der Waals surface area contributed by atoms with Crippen molar-refractivity contribution in [2.75, 3.05) is 7.05 Å². The molecule has 1 unspecified atom stereocenters. The number of amides is 2. The second-order valence-electron chi connectivity index (χ2n) is 8.89. The number of fused-ring (bicyclic) bond motifs is 1. The molecule has 0 bridgehead atoms. The molecule has 0 saturated heterocycles. The standard InChI is InChI=1S/C27H19Cl2F3N2O3/c1-15-9-16(7-8-17(15)14-34-24(35)21-5-3-4-6-22(21)25(34)36)23-13-26(27(30,31)32,37-33(23)2)18-10-19(28)12-20(29)11-18/h3-13H,14H2,1-2H3. The van der Waals surface area contributed by atoms with E-state index in [0.717, 1.165) is 16.0 Å². The molecular formula is C27H19Cl2F3N2O3. The summed E-state index contributed by atoms with van der Waals surface area (Å²) in [7, 11) is 1.38. The Kier molecular flexibility index (Phi) is 6.09. The number of halogens is 5. The molecule has 0 radical (unpaired) electrons. The molecule has 5 nitrogen and oxygen atoms in total. The van der Waals surface area contributed by atoms with Gasteiger partial charge in [0.25, 0.3) is 11.8 Å². The van der Waals surface area contributed by atoms with Crippen LogP contribution < -0.4 is 0 Å². The normalized spacial score (nSPS) is 19.5. The van der Waals surface area contributed by atoms with Crippen molar-refractivity contribution >= 4 is 40.7 Å². The van der Waals surface area contributed by atoms with Crippen molar-refractivity contribution in [1.29, 1.82) is 0 Å². The van der Waals surface area contributed by atoms with Gasteiger partial charge in [-0.05, 0) is 60.5 Å². The van der Waals surface area contributed by atoms with E-state index in [2.05, 4.69) is 0 Å². The lowest BCUT2D eigenvalue weighted by atomic mass is 9.91. The molecule has 2 heterocycles. The van der Waals surface area contributed by atoms with Crippen LogP contribution in [0.3, 0.4) is 0 Å². The minimum atomic E-state index is -4.82. The van der Waals surface area contributed by atoms with Gasteiger partial charge in [0.2, 0.25) is 5.60 Å². The van der Waals surface area contributed by atoms with Crippen LogP contribution in [0.1, 0.15) is 43.0 Å². The van der Waals surface area contributed by atoms with Crippen molar-refractivity contribution in [2.24, 2.45) is 0 Å². The first-order valence-electron chi connectivity index (χ1n) is 11.2. The maximum atomic E-state index is 14.4. The monoisotopic (exact) mass is 546 g/mol. The third kappa shape index (κ3) is 4.19. The van der Waals surface area contributed by atoms with Crippen molar-refractivity contribution in [2.45, 2.75) is 25.2 Å². The molecule has 190 valence electrons. The lowest BCUT2D eigenvalue weighted by molar-refractivity contribution is -0.308. The topological polar surface area (TPSA) is 49.9 Å². The van der Waals surface area contributed by atoms with Crippen LogP contribution in [0.5, 0.6) is 0 Å². The van der Waals surface area contributed by atoms with Gasteiger partial charge in [0.15, 0.2) is 0 Å². The molecule has 2 amide bonds. The molecule has 5 rings (SSSR count). The van der Waals surface area contributed by atoms with Gasteiger partial charge in [-0.1, -0.05) is 47.5 Å². The second-order valence-corrected chi connectivity index (χ2v) is 9.77. The average molecular weight is 547 g/mol. The Morgan fingerprint density at radius 2 is 1.51 bits per heavy atom. The fourth-order valence-electron chi connectivity index (χ4n) is 4.63. The van der Waals surface area contributed by atoms with Crippen LogP contribution >= 0.6 is 23.2 Å². The zero-order chi connectivity index (χ0) is 26.7. The first-order chi connectivity index (χ1) is 17.4. The van der Waals surface area contributed by atoms with Crippen molar-refractivity contribution in [3.05, 3.63) is 110 Å². The molecule has 0 spiro atoms. The van der Waals surface area contributed by atoms with Crippen molar-refractivity contribution in [3.63, 3.8) is 0 Å². The van der Waals surface area contributed by atoms with Crippen LogP contribution in [0, 0.1) is 6.92 Å². The summed E-state index contributed by atoms with van der Waals surface area (Å²) in [6.07, 6.45) is -3.83. The summed E-state index contributed by atoms with van der Waals surface area (Å²) in [6.45, 7) is 1.80. The number of carbonyl (C=O) groups is 2. The van der Waals surface area contributed by atoms with Gasteiger partial charge in [0.1, 0.15) is 0 Å². The van der Waals surface area contributed by atoms with Gasteiger partial charge < -0.3 is 0 Å². The smallest absolute Gasteiger partial charge is 0.270 e. The number of hydrogen-bond donors (Lipinski definition) is 0. The third-order valence-electron chi connectivity index (χ3n) is 6.52. The summed E-state index contributed by atoms with van der Waals surface area (Å²) < 4.78 is 43.3. The summed E-state index contributed by atoms with van der Waals surface area (Å²) >= 11 is 12.0. The van der Waals surface area contributed by atoms with Gasteiger partial charge in [-0.15, -0.1) is 0 Å². The number of rotatable bonds is 4. The lowest BCUT2D eigenvalue weighted by Crippen LogP contribution is -2.42. The Morgan fingerprint density at radius 1 is 0.919 bits per heavy atom. The van der Waals surface area contributed by atoms with Gasteiger partial charge in [-0.3, -0.25) is 19.6 Å². The zero-order valence-electron chi connectivity index (χ0n) is 19.6. The van der Waals surface area contributed by atoms with Crippen molar-refractivity contribution in [3.8, 4) is 0 Å². The van der Waals surface area contributed by atoms with E-state index in [4.69, 9.17) is 28.0 Å². The number of alkyl halides is 3. The van der Waals surface area contributed by atoms with Gasteiger partial charge in [0.05, 0.1) is 23.4 Å². The van der Waals surface area contributed by atoms with E-state index in [1.54, 1.807) is 49.4 Å². The van der Waals surface area contributed by atoms with E-state index in [1.165, 1.54) is 25.2 Å². The van der Waals surface area contributed by atoms with E-state index < -0.39 is 11.8 Å². The first kappa shape index (κ1) is 25.3. The molecule has 0 aromatic heterocycles. The van der Waals surface area contributed by atoms with Gasteiger partial charge in [0, 0.05) is 28.2 Å². The lowest BCUT2D eigenvalue weighted by Gasteiger charge is -2.31. The number of hydrogen-bond acceptors (Lipinski definition) is 4. The maximum Gasteiger partial charge on any atom is 0.428 e. The molecule has 0 N–H and O–H groups in total. The molecule has 0 fully saturated rings. The zero-order valence-corrected chi connectivity index (χ0v) is 21.1. The van der Waals surface area contributed by atoms with E-state index in [1.807, 2.05) is 0 Å². The molecule has 0 aliphatic carbocycles. The highest BCUT2D eigenvalue weighted by Gasteiger charge is 2.61. The molecule has 0 saturated carbocycles. The van der Waals surface area contributed by atoms with E-state index >= 15 is 0 Å². The number of hydroxylamine groups is 2. The Morgan fingerprint density at radius 3 is 2.05 bits per heavy atom. The summed E-state index contributed by atoms with van der Waals surface area (Å²) in [5.74, 6) is -0.767. The van der Waals surface area contributed by atoms with Crippen LogP contribution in [0.2, 0.25) is 10.0 Å². The number of nitrogens with zero attached hydrogens (tertiary/aromatic N) is 2. The summed E-state index contributed by atoms with van der Waals surface area (Å²) in [5.41, 5.74) is -0.323. The number of benzene rings is 3.